The molecular weight excluding hydrogens is 176 g/mol. The van der Waals surface area contributed by atoms with Gasteiger partial charge in [0.25, 0.3) is 0 Å². The lowest BCUT2D eigenvalue weighted by atomic mass is 10.1. The summed E-state index contributed by atoms with van der Waals surface area (Å²) in [5.74, 6) is 1.10. The molecule has 1 aromatic rings. The second-order valence-electron chi connectivity index (χ2n) is 4.14. The van der Waals surface area contributed by atoms with Crippen molar-refractivity contribution in [1.29, 1.82) is 0 Å². The van der Waals surface area contributed by atoms with Crippen LogP contribution in [0.1, 0.15) is 24.2 Å². The fraction of sp³-hybridized carbons (Fsp3) is 0.636. The van der Waals surface area contributed by atoms with Gasteiger partial charge in [-0.2, -0.15) is 0 Å². The molecule has 78 valence electrons. The van der Waals surface area contributed by atoms with Crippen molar-refractivity contribution in [1.82, 2.24) is 4.90 Å². The summed E-state index contributed by atoms with van der Waals surface area (Å²) < 4.78 is 5.42. The van der Waals surface area contributed by atoms with Gasteiger partial charge in [0.2, 0.25) is 0 Å². The van der Waals surface area contributed by atoms with Crippen molar-refractivity contribution < 1.29 is 4.42 Å². The van der Waals surface area contributed by atoms with Crippen LogP contribution in [0.2, 0.25) is 0 Å². The van der Waals surface area contributed by atoms with Gasteiger partial charge < -0.3 is 10.2 Å². The van der Waals surface area contributed by atoms with Crippen LogP contribution < -0.4 is 5.73 Å². The third-order valence-electron chi connectivity index (χ3n) is 2.97. The minimum atomic E-state index is 0.406. The summed E-state index contributed by atoms with van der Waals surface area (Å²) in [5.41, 5.74) is 7.10. The third kappa shape index (κ3) is 2.16. The topological polar surface area (TPSA) is 42.4 Å². The molecule has 0 aromatic carbocycles. The second-order valence-corrected chi connectivity index (χ2v) is 4.14. The molecule has 14 heavy (non-hydrogen) atoms. The molecular formula is C11H18N2O. The maximum Gasteiger partial charge on any atom is 0.120 e. The van der Waals surface area contributed by atoms with E-state index in [9.17, 15) is 0 Å². The maximum absolute atomic E-state index is 5.85. The molecule has 0 amide bonds. The minimum Gasteiger partial charge on any atom is -0.468 e. The van der Waals surface area contributed by atoms with Crippen molar-refractivity contribution >= 4 is 0 Å². The van der Waals surface area contributed by atoms with E-state index in [4.69, 9.17) is 10.2 Å². The number of nitrogens with zero attached hydrogens (tertiary/aromatic N) is 1. The third-order valence-corrected chi connectivity index (χ3v) is 2.97. The van der Waals surface area contributed by atoms with Gasteiger partial charge in [-0.1, -0.05) is 0 Å². The molecule has 0 aliphatic carbocycles. The molecule has 1 aromatic heterocycles. The minimum absolute atomic E-state index is 0.406. The van der Waals surface area contributed by atoms with Crippen LogP contribution in [0.15, 0.2) is 16.7 Å². The molecule has 1 aliphatic heterocycles. The molecule has 0 bridgehead atoms. The van der Waals surface area contributed by atoms with Gasteiger partial charge in [-0.25, -0.2) is 0 Å². The van der Waals surface area contributed by atoms with Gasteiger partial charge in [0.15, 0.2) is 0 Å². The van der Waals surface area contributed by atoms with Gasteiger partial charge in [0, 0.05) is 19.1 Å². The average Bonchev–Trinajstić information content (AvgIpc) is 2.56. The Labute approximate surface area is 84.9 Å². The summed E-state index contributed by atoms with van der Waals surface area (Å²) in [4.78, 5) is 2.41. The number of furan rings is 1. The Morgan fingerprint density at radius 2 is 2.21 bits per heavy atom. The Morgan fingerprint density at radius 3 is 2.79 bits per heavy atom. The highest BCUT2D eigenvalue weighted by Gasteiger charge is 2.17. The van der Waals surface area contributed by atoms with Gasteiger partial charge in [0.1, 0.15) is 5.76 Å². The van der Waals surface area contributed by atoms with Crippen LogP contribution in [0.3, 0.4) is 0 Å². The van der Waals surface area contributed by atoms with Gasteiger partial charge >= 0.3 is 0 Å². The quantitative estimate of drug-likeness (QED) is 0.776. The Balaban J connectivity index is 1.89. The SMILES string of the molecule is Cc1ccoc1CN1CCC(N)CC1. The van der Waals surface area contributed by atoms with E-state index in [-0.39, 0.29) is 0 Å². The van der Waals surface area contributed by atoms with Crippen molar-refractivity contribution in [3.63, 3.8) is 0 Å². The van der Waals surface area contributed by atoms with E-state index in [1.54, 1.807) is 6.26 Å². The van der Waals surface area contributed by atoms with Crippen LogP contribution in [0.25, 0.3) is 0 Å². The molecule has 0 unspecified atom stereocenters. The number of rotatable bonds is 2. The largest absolute Gasteiger partial charge is 0.468 e. The average molecular weight is 194 g/mol. The zero-order valence-electron chi connectivity index (χ0n) is 8.70. The number of hydrogen-bond acceptors (Lipinski definition) is 3. The van der Waals surface area contributed by atoms with E-state index < -0.39 is 0 Å². The first-order valence-electron chi connectivity index (χ1n) is 5.26. The van der Waals surface area contributed by atoms with E-state index in [0.29, 0.717) is 6.04 Å². The summed E-state index contributed by atoms with van der Waals surface area (Å²) >= 11 is 0. The molecule has 0 atom stereocenters. The van der Waals surface area contributed by atoms with E-state index in [1.807, 2.05) is 6.07 Å². The zero-order valence-corrected chi connectivity index (χ0v) is 8.70. The Bertz CT molecular complexity index is 287. The van der Waals surface area contributed by atoms with Crippen LogP contribution in [-0.4, -0.2) is 24.0 Å². The number of hydrogen-bond donors (Lipinski definition) is 1. The van der Waals surface area contributed by atoms with Crippen LogP contribution in [0.5, 0.6) is 0 Å². The molecule has 3 nitrogen and oxygen atoms in total. The highest BCUT2D eigenvalue weighted by Crippen LogP contribution is 2.15. The molecule has 1 fully saturated rings. The van der Waals surface area contributed by atoms with E-state index in [2.05, 4.69) is 11.8 Å². The molecule has 3 heteroatoms. The fourth-order valence-electron chi connectivity index (χ4n) is 1.88. The Kier molecular flexibility index (Phi) is 2.89. The first-order valence-corrected chi connectivity index (χ1v) is 5.26. The fourth-order valence-corrected chi connectivity index (χ4v) is 1.88. The Hall–Kier alpha value is -0.800. The molecule has 2 rings (SSSR count). The molecule has 0 spiro atoms. The number of piperidine rings is 1. The summed E-state index contributed by atoms with van der Waals surface area (Å²) in [6.07, 6.45) is 3.99. The molecule has 0 radical (unpaired) electrons. The summed E-state index contributed by atoms with van der Waals surface area (Å²) in [6, 6.07) is 2.43. The lowest BCUT2D eigenvalue weighted by molar-refractivity contribution is 0.191. The number of likely N-dealkylation sites (tertiary alicyclic amines) is 1. The summed E-state index contributed by atoms with van der Waals surface area (Å²) in [5, 5.41) is 0. The smallest absolute Gasteiger partial charge is 0.120 e. The van der Waals surface area contributed by atoms with Gasteiger partial charge in [-0.15, -0.1) is 0 Å². The van der Waals surface area contributed by atoms with E-state index in [1.165, 1.54) is 5.56 Å². The van der Waals surface area contributed by atoms with Crippen LogP contribution in [-0.2, 0) is 6.54 Å². The second kappa shape index (κ2) is 4.15. The van der Waals surface area contributed by atoms with Crippen molar-refractivity contribution in [2.75, 3.05) is 13.1 Å². The first kappa shape index (κ1) is 9.74. The van der Waals surface area contributed by atoms with Crippen molar-refractivity contribution in [3.8, 4) is 0 Å². The molecule has 0 saturated carbocycles. The van der Waals surface area contributed by atoms with Gasteiger partial charge in [-0.05, 0) is 31.4 Å². The van der Waals surface area contributed by atoms with Crippen molar-refractivity contribution in [2.45, 2.75) is 32.4 Å². The first-order chi connectivity index (χ1) is 6.75. The Morgan fingerprint density at radius 1 is 1.50 bits per heavy atom. The predicted octanol–water partition coefficient (Wildman–Crippen LogP) is 1.51. The maximum atomic E-state index is 5.85. The summed E-state index contributed by atoms with van der Waals surface area (Å²) in [6.45, 7) is 5.22. The lowest BCUT2D eigenvalue weighted by Crippen LogP contribution is -2.39. The van der Waals surface area contributed by atoms with E-state index >= 15 is 0 Å². The number of nitrogens with two attached hydrogens (primary N) is 1. The van der Waals surface area contributed by atoms with Crippen LogP contribution in [0.4, 0.5) is 0 Å². The van der Waals surface area contributed by atoms with Gasteiger partial charge in [0.05, 0.1) is 12.8 Å². The van der Waals surface area contributed by atoms with Crippen molar-refractivity contribution in [2.24, 2.45) is 5.73 Å². The normalized spacial score (nSPS) is 20.1. The van der Waals surface area contributed by atoms with Crippen molar-refractivity contribution in [3.05, 3.63) is 23.7 Å². The monoisotopic (exact) mass is 194 g/mol. The number of aryl methyl sites for hydroxylation is 1. The molecule has 1 aliphatic rings. The molecule has 2 N–H and O–H groups in total. The molecule has 2 heterocycles. The van der Waals surface area contributed by atoms with Crippen LogP contribution >= 0.6 is 0 Å². The standard InChI is InChI=1S/C11H18N2O/c1-9-4-7-14-11(9)8-13-5-2-10(12)3-6-13/h4,7,10H,2-3,5-6,8,12H2,1H3. The van der Waals surface area contributed by atoms with E-state index in [0.717, 1.165) is 38.2 Å². The highest BCUT2D eigenvalue weighted by molar-refractivity contribution is 5.14. The van der Waals surface area contributed by atoms with Crippen LogP contribution in [0, 0.1) is 6.92 Å². The van der Waals surface area contributed by atoms with Gasteiger partial charge in [-0.3, -0.25) is 4.90 Å². The highest BCUT2D eigenvalue weighted by atomic mass is 16.3. The summed E-state index contributed by atoms with van der Waals surface area (Å²) in [7, 11) is 0. The molecule has 1 saturated heterocycles. The predicted molar refractivity (Wildman–Crippen MR) is 55.9 cm³/mol. The lowest BCUT2D eigenvalue weighted by Gasteiger charge is -2.29. The zero-order chi connectivity index (χ0) is 9.97.